The Bertz CT molecular complexity index is 600. The minimum Gasteiger partial charge on any atom is -0.353 e. The van der Waals surface area contributed by atoms with Crippen molar-refractivity contribution in [2.45, 2.75) is 30.8 Å². The minimum atomic E-state index is -3.43. The molecule has 0 aliphatic carbocycles. The third-order valence-corrected chi connectivity index (χ3v) is 5.20. The summed E-state index contributed by atoms with van der Waals surface area (Å²) < 4.78 is 26.8. The van der Waals surface area contributed by atoms with Crippen molar-refractivity contribution in [3.63, 3.8) is 0 Å². The fourth-order valence-corrected chi connectivity index (χ4v) is 4.44. The Labute approximate surface area is 106 Å². The Morgan fingerprint density at radius 3 is 2.82 bits per heavy atom. The van der Waals surface area contributed by atoms with Gasteiger partial charge in [-0.25, -0.2) is 8.42 Å². The number of nitrogens with one attached hydrogen (secondary N) is 1. The van der Waals surface area contributed by atoms with E-state index < -0.39 is 10.0 Å². The molecule has 2 heterocycles. The van der Waals surface area contributed by atoms with E-state index in [4.69, 9.17) is 11.6 Å². The van der Waals surface area contributed by atoms with Gasteiger partial charge < -0.3 is 4.90 Å². The highest BCUT2D eigenvalue weighted by Gasteiger charge is 2.40. The van der Waals surface area contributed by atoms with Crippen LogP contribution in [0.5, 0.6) is 0 Å². The van der Waals surface area contributed by atoms with Crippen molar-refractivity contribution >= 4 is 27.3 Å². The summed E-state index contributed by atoms with van der Waals surface area (Å²) in [7, 11) is -3.43. The van der Waals surface area contributed by atoms with E-state index in [-0.39, 0.29) is 6.17 Å². The molecule has 0 bridgehead atoms. The van der Waals surface area contributed by atoms with Gasteiger partial charge in [-0.3, -0.25) is 0 Å². The van der Waals surface area contributed by atoms with Crippen LogP contribution in [0.4, 0.5) is 5.69 Å². The summed E-state index contributed by atoms with van der Waals surface area (Å²) in [5.41, 5.74) is 1.86. The number of rotatable bonds is 0. The molecule has 0 fully saturated rings. The van der Waals surface area contributed by atoms with Crippen molar-refractivity contribution in [2.24, 2.45) is 0 Å². The van der Waals surface area contributed by atoms with Crippen LogP contribution in [0.15, 0.2) is 17.0 Å². The molecule has 0 saturated carbocycles. The van der Waals surface area contributed by atoms with Crippen LogP contribution < -0.4 is 9.62 Å². The molecule has 92 valence electrons. The Hall–Kier alpha value is -0.780. The van der Waals surface area contributed by atoms with E-state index in [1.807, 2.05) is 13.0 Å². The molecule has 6 heteroatoms. The highest BCUT2D eigenvalue weighted by atomic mass is 35.5. The maximum atomic E-state index is 12.1. The van der Waals surface area contributed by atoms with Crippen molar-refractivity contribution < 1.29 is 8.42 Å². The predicted octanol–water partition coefficient (Wildman–Crippen LogP) is 1.90. The summed E-state index contributed by atoms with van der Waals surface area (Å²) in [6.07, 6.45) is -0.197. The molecule has 0 amide bonds. The topological polar surface area (TPSA) is 49.4 Å². The maximum Gasteiger partial charge on any atom is 0.244 e. The number of benzene rings is 1. The van der Waals surface area contributed by atoms with Crippen LogP contribution in [-0.2, 0) is 10.0 Å². The Morgan fingerprint density at radius 2 is 2.12 bits per heavy atom. The lowest BCUT2D eigenvalue weighted by Gasteiger charge is -2.34. The monoisotopic (exact) mass is 272 g/mol. The Balaban J connectivity index is 2.37. The SMILES string of the molecule is CC1NS(=O)(=O)c2cc(Cl)cc3c2N1C[C@@H]3C. The zero-order valence-electron chi connectivity index (χ0n) is 9.57. The largest absolute Gasteiger partial charge is 0.353 e. The van der Waals surface area contributed by atoms with E-state index in [1.165, 1.54) is 6.07 Å². The summed E-state index contributed by atoms with van der Waals surface area (Å²) in [6.45, 7) is 4.77. The number of hydrogen-bond acceptors (Lipinski definition) is 3. The first-order chi connectivity index (χ1) is 7.90. The average molecular weight is 273 g/mol. The highest BCUT2D eigenvalue weighted by molar-refractivity contribution is 7.89. The second-order valence-electron chi connectivity index (χ2n) is 4.69. The fourth-order valence-electron chi connectivity index (χ4n) is 2.67. The van der Waals surface area contributed by atoms with E-state index in [9.17, 15) is 8.42 Å². The van der Waals surface area contributed by atoms with E-state index in [0.717, 1.165) is 17.8 Å². The van der Waals surface area contributed by atoms with Crippen molar-refractivity contribution in [2.75, 3.05) is 11.4 Å². The second kappa shape index (κ2) is 3.37. The predicted molar refractivity (Wildman–Crippen MR) is 67.0 cm³/mol. The normalized spacial score (nSPS) is 29.2. The molecule has 0 aromatic heterocycles. The number of anilines is 1. The average Bonchev–Trinajstić information content (AvgIpc) is 2.53. The van der Waals surface area contributed by atoms with Crippen molar-refractivity contribution in [3.05, 3.63) is 22.7 Å². The molecule has 2 aliphatic heterocycles. The third-order valence-electron chi connectivity index (χ3n) is 3.44. The molecule has 1 aromatic rings. The molecule has 1 N–H and O–H groups in total. The van der Waals surface area contributed by atoms with Gasteiger partial charge in [0.2, 0.25) is 10.0 Å². The smallest absolute Gasteiger partial charge is 0.244 e. The Kier molecular flexibility index (Phi) is 2.24. The van der Waals surface area contributed by atoms with Crippen LogP contribution in [0.1, 0.15) is 25.3 Å². The molecule has 0 spiro atoms. The second-order valence-corrected chi connectivity index (χ2v) is 6.81. The number of nitrogens with zero attached hydrogens (tertiary/aromatic N) is 1. The van der Waals surface area contributed by atoms with Gasteiger partial charge in [0.25, 0.3) is 0 Å². The summed E-state index contributed by atoms with van der Waals surface area (Å²) in [6, 6.07) is 3.40. The van der Waals surface area contributed by atoms with E-state index in [0.29, 0.717) is 15.8 Å². The summed E-state index contributed by atoms with van der Waals surface area (Å²) >= 11 is 6.00. The molecular formula is C11H13ClN2O2S. The van der Waals surface area contributed by atoms with Gasteiger partial charge in [-0.15, -0.1) is 0 Å². The molecule has 1 unspecified atom stereocenters. The first kappa shape index (κ1) is 11.3. The molecule has 3 rings (SSSR count). The minimum absolute atomic E-state index is 0.197. The van der Waals surface area contributed by atoms with Crippen LogP contribution in [0.25, 0.3) is 0 Å². The number of hydrogen-bond donors (Lipinski definition) is 1. The van der Waals surface area contributed by atoms with Gasteiger partial charge >= 0.3 is 0 Å². The highest BCUT2D eigenvalue weighted by Crippen LogP contribution is 2.45. The van der Waals surface area contributed by atoms with Gasteiger partial charge in [-0.2, -0.15) is 4.72 Å². The number of sulfonamides is 1. The van der Waals surface area contributed by atoms with Gasteiger partial charge in [-0.05, 0) is 24.6 Å². The van der Waals surface area contributed by atoms with E-state index >= 15 is 0 Å². The van der Waals surface area contributed by atoms with Gasteiger partial charge in [-0.1, -0.05) is 18.5 Å². The van der Waals surface area contributed by atoms with Crippen LogP contribution >= 0.6 is 11.6 Å². The number of halogens is 1. The van der Waals surface area contributed by atoms with Crippen LogP contribution in [0, 0.1) is 0 Å². The van der Waals surface area contributed by atoms with Crippen LogP contribution in [0.2, 0.25) is 5.02 Å². The van der Waals surface area contributed by atoms with E-state index in [1.54, 1.807) is 0 Å². The lowest BCUT2D eigenvalue weighted by molar-refractivity contribution is 0.534. The molecular weight excluding hydrogens is 260 g/mol. The van der Waals surface area contributed by atoms with Gasteiger partial charge in [0.1, 0.15) is 4.90 Å². The molecule has 0 saturated heterocycles. The van der Waals surface area contributed by atoms with Crippen molar-refractivity contribution in [3.8, 4) is 0 Å². The molecule has 4 nitrogen and oxygen atoms in total. The first-order valence-electron chi connectivity index (χ1n) is 5.52. The van der Waals surface area contributed by atoms with Gasteiger partial charge in [0.15, 0.2) is 0 Å². The molecule has 0 radical (unpaired) electrons. The lowest BCUT2D eigenvalue weighted by atomic mass is 10.0. The molecule has 17 heavy (non-hydrogen) atoms. The van der Waals surface area contributed by atoms with Crippen molar-refractivity contribution in [1.82, 2.24) is 4.72 Å². The standard InChI is InChI=1S/C11H13ClN2O2S/c1-6-5-14-7(2)13-17(15,16)10-4-8(12)3-9(6)11(10)14/h3-4,6-7,13H,5H2,1-2H3/t6-,7?/m0/s1. The quantitative estimate of drug-likeness (QED) is 0.785. The van der Waals surface area contributed by atoms with Gasteiger partial charge in [0.05, 0.1) is 11.9 Å². The van der Waals surface area contributed by atoms with Crippen molar-refractivity contribution in [1.29, 1.82) is 0 Å². The summed E-state index contributed by atoms with van der Waals surface area (Å²) in [5, 5.41) is 0.479. The van der Waals surface area contributed by atoms with Crippen LogP contribution in [-0.4, -0.2) is 21.1 Å². The zero-order valence-corrected chi connectivity index (χ0v) is 11.1. The van der Waals surface area contributed by atoms with Crippen LogP contribution in [0.3, 0.4) is 0 Å². The first-order valence-corrected chi connectivity index (χ1v) is 7.38. The summed E-state index contributed by atoms with van der Waals surface area (Å²) in [4.78, 5) is 2.40. The zero-order chi connectivity index (χ0) is 12.4. The maximum absolute atomic E-state index is 12.1. The van der Waals surface area contributed by atoms with E-state index in [2.05, 4.69) is 16.5 Å². The molecule has 2 atom stereocenters. The fraction of sp³-hybridized carbons (Fsp3) is 0.455. The third kappa shape index (κ3) is 1.49. The summed E-state index contributed by atoms with van der Waals surface area (Å²) in [5.74, 6) is 0.306. The van der Waals surface area contributed by atoms with Gasteiger partial charge in [0, 0.05) is 17.5 Å². The Morgan fingerprint density at radius 1 is 1.41 bits per heavy atom. The molecule has 1 aromatic carbocycles. The molecule has 2 aliphatic rings. The lowest BCUT2D eigenvalue weighted by Crippen LogP contribution is -2.49.